The summed E-state index contributed by atoms with van der Waals surface area (Å²) in [7, 11) is 3.08. The van der Waals surface area contributed by atoms with Crippen LogP contribution in [0.5, 0.6) is 10.9 Å². The average molecular weight is 253 g/mol. The molecule has 0 unspecified atom stereocenters. The van der Waals surface area contributed by atoms with Crippen molar-refractivity contribution in [1.82, 2.24) is 4.98 Å². The highest BCUT2D eigenvalue weighted by Gasteiger charge is 2.14. The molecule has 0 spiro atoms. The fourth-order valence-electron chi connectivity index (χ4n) is 1.57. The second-order valence-corrected chi connectivity index (χ2v) is 4.32. The summed E-state index contributed by atoms with van der Waals surface area (Å²) in [4.78, 5) is 15.0. The van der Waals surface area contributed by atoms with Gasteiger partial charge in [0, 0.05) is 0 Å². The second-order valence-electron chi connectivity index (χ2n) is 3.36. The second kappa shape index (κ2) is 4.58. The molecule has 0 amide bonds. The van der Waals surface area contributed by atoms with Gasteiger partial charge in [0.25, 0.3) is 5.19 Å². The summed E-state index contributed by atoms with van der Waals surface area (Å²) in [6.45, 7) is 0. The van der Waals surface area contributed by atoms with Crippen LogP contribution in [0.2, 0.25) is 0 Å². The highest BCUT2D eigenvalue weighted by Crippen LogP contribution is 2.36. The van der Waals surface area contributed by atoms with Gasteiger partial charge in [0.05, 0.1) is 25.3 Å². The van der Waals surface area contributed by atoms with Crippen molar-refractivity contribution in [3.63, 3.8) is 0 Å². The lowest BCUT2D eigenvalue weighted by atomic mass is 10.1. The third kappa shape index (κ3) is 2.16. The summed E-state index contributed by atoms with van der Waals surface area (Å²) >= 11 is 1.32. The minimum Gasteiger partial charge on any atom is -0.494 e. The Morgan fingerprint density at radius 1 is 1.41 bits per heavy atom. The number of rotatable bonds is 4. The summed E-state index contributed by atoms with van der Waals surface area (Å²) in [6, 6.07) is 3.46. The summed E-state index contributed by atoms with van der Waals surface area (Å²) in [5.41, 5.74) is 1.36. The molecular weight excluding hydrogens is 242 g/mol. The van der Waals surface area contributed by atoms with Gasteiger partial charge in [-0.05, 0) is 11.6 Å². The summed E-state index contributed by atoms with van der Waals surface area (Å²) < 4.78 is 11.0. The molecule has 1 aromatic carbocycles. The molecule has 90 valence electrons. The summed E-state index contributed by atoms with van der Waals surface area (Å²) in [5, 5.41) is 9.34. The Kier molecular flexibility index (Phi) is 3.14. The van der Waals surface area contributed by atoms with Crippen LogP contribution in [-0.2, 0) is 11.2 Å². The fraction of sp³-hybridized carbons (Fsp3) is 0.273. The minimum absolute atomic E-state index is 0.0359. The number of carboxylic acids is 1. The molecule has 2 rings (SSSR count). The van der Waals surface area contributed by atoms with Gasteiger partial charge in [-0.3, -0.25) is 4.79 Å². The van der Waals surface area contributed by atoms with E-state index < -0.39 is 5.97 Å². The van der Waals surface area contributed by atoms with Crippen LogP contribution in [-0.4, -0.2) is 30.3 Å². The molecule has 1 heterocycles. The Balaban J connectivity index is 2.62. The van der Waals surface area contributed by atoms with Gasteiger partial charge in [-0.15, -0.1) is 0 Å². The molecule has 6 heteroatoms. The zero-order valence-corrected chi connectivity index (χ0v) is 10.2. The number of carboxylic acid groups (broad SMARTS) is 1. The standard InChI is InChI=1S/C11H11NO4S/c1-15-7-4-3-6(5-8(13)14)10-9(7)12-11(16-2)17-10/h3-4H,5H2,1-2H3,(H,13,14). The van der Waals surface area contributed by atoms with Crippen molar-refractivity contribution in [2.45, 2.75) is 6.42 Å². The number of aliphatic carboxylic acids is 1. The smallest absolute Gasteiger partial charge is 0.307 e. The highest BCUT2D eigenvalue weighted by molar-refractivity contribution is 7.20. The average Bonchev–Trinajstić information content (AvgIpc) is 2.73. The first-order valence-electron chi connectivity index (χ1n) is 4.88. The molecule has 1 N–H and O–H groups in total. The number of thiazole rings is 1. The van der Waals surface area contributed by atoms with Crippen molar-refractivity contribution >= 4 is 27.5 Å². The van der Waals surface area contributed by atoms with Crippen LogP contribution < -0.4 is 9.47 Å². The van der Waals surface area contributed by atoms with Crippen molar-refractivity contribution in [3.05, 3.63) is 17.7 Å². The number of hydrogen-bond donors (Lipinski definition) is 1. The SMILES string of the molecule is COc1nc2c(OC)ccc(CC(=O)O)c2s1. The van der Waals surface area contributed by atoms with E-state index in [-0.39, 0.29) is 6.42 Å². The maximum Gasteiger partial charge on any atom is 0.307 e. The van der Waals surface area contributed by atoms with Crippen LogP contribution >= 0.6 is 11.3 Å². The van der Waals surface area contributed by atoms with Gasteiger partial charge in [0.15, 0.2) is 0 Å². The predicted octanol–water partition coefficient (Wildman–Crippen LogP) is 1.94. The Labute approximate surface area is 102 Å². The molecule has 0 radical (unpaired) electrons. The molecule has 17 heavy (non-hydrogen) atoms. The third-order valence-electron chi connectivity index (χ3n) is 2.30. The van der Waals surface area contributed by atoms with E-state index in [0.29, 0.717) is 22.0 Å². The van der Waals surface area contributed by atoms with Gasteiger partial charge in [0.2, 0.25) is 0 Å². The largest absolute Gasteiger partial charge is 0.494 e. The lowest BCUT2D eigenvalue weighted by Gasteiger charge is -2.03. The lowest BCUT2D eigenvalue weighted by molar-refractivity contribution is -0.136. The van der Waals surface area contributed by atoms with E-state index in [1.165, 1.54) is 18.4 Å². The molecule has 0 aliphatic heterocycles. The Hall–Kier alpha value is -1.82. The molecule has 0 saturated carbocycles. The molecule has 5 nitrogen and oxygen atoms in total. The van der Waals surface area contributed by atoms with Crippen molar-refractivity contribution < 1.29 is 19.4 Å². The fourth-order valence-corrected chi connectivity index (χ4v) is 2.48. The van der Waals surface area contributed by atoms with Crippen molar-refractivity contribution in [2.24, 2.45) is 0 Å². The molecule has 0 fully saturated rings. The minimum atomic E-state index is -0.871. The van der Waals surface area contributed by atoms with Crippen LogP contribution in [0.1, 0.15) is 5.56 Å². The van der Waals surface area contributed by atoms with Crippen LogP contribution in [0, 0.1) is 0 Å². The first-order chi connectivity index (χ1) is 8.15. The van der Waals surface area contributed by atoms with E-state index in [2.05, 4.69) is 4.98 Å². The number of carbonyl (C=O) groups is 1. The Bertz CT molecular complexity index is 564. The molecule has 1 aromatic heterocycles. The van der Waals surface area contributed by atoms with Crippen LogP contribution in [0.4, 0.5) is 0 Å². The topological polar surface area (TPSA) is 68.7 Å². The number of benzene rings is 1. The predicted molar refractivity (Wildman–Crippen MR) is 64.1 cm³/mol. The Morgan fingerprint density at radius 2 is 2.18 bits per heavy atom. The Morgan fingerprint density at radius 3 is 2.76 bits per heavy atom. The van der Waals surface area contributed by atoms with E-state index >= 15 is 0 Å². The number of ether oxygens (including phenoxy) is 2. The quantitative estimate of drug-likeness (QED) is 0.901. The van der Waals surface area contributed by atoms with Gasteiger partial charge in [-0.25, -0.2) is 0 Å². The van der Waals surface area contributed by atoms with Gasteiger partial charge < -0.3 is 14.6 Å². The van der Waals surface area contributed by atoms with E-state index in [1.54, 1.807) is 19.2 Å². The molecule has 0 bridgehead atoms. The zero-order chi connectivity index (χ0) is 12.4. The maximum absolute atomic E-state index is 10.8. The van der Waals surface area contributed by atoms with Crippen LogP contribution in [0.15, 0.2) is 12.1 Å². The first-order valence-corrected chi connectivity index (χ1v) is 5.69. The molecular formula is C11H11NO4S. The first kappa shape index (κ1) is 11.7. The van der Waals surface area contributed by atoms with Gasteiger partial charge >= 0.3 is 5.97 Å². The third-order valence-corrected chi connectivity index (χ3v) is 3.40. The molecule has 0 saturated heterocycles. The monoisotopic (exact) mass is 253 g/mol. The van der Waals surface area contributed by atoms with E-state index in [9.17, 15) is 4.79 Å². The number of methoxy groups -OCH3 is 2. The van der Waals surface area contributed by atoms with E-state index in [1.807, 2.05) is 0 Å². The number of fused-ring (bicyclic) bond motifs is 1. The zero-order valence-electron chi connectivity index (χ0n) is 9.39. The summed E-state index contributed by atoms with van der Waals surface area (Å²) in [6.07, 6.45) is -0.0359. The summed E-state index contributed by atoms with van der Waals surface area (Å²) in [5.74, 6) is -0.252. The number of aromatic nitrogens is 1. The van der Waals surface area contributed by atoms with E-state index in [0.717, 1.165) is 4.70 Å². The normalized spacial score (nSPS) is 10.5. The van der Waals surface area contributed by atoms with Gasteiger partial charge in [-0.2, -0.15) is 4.98 Å². The lowest BCUT2D eigenvalue weighted by Crippen LogP contribution is -2.00. The van der Waals surface area contributed by atoms with Crippen molar-refractivity contribution in [3.8, 4) is 10.9 Å². The van der Waals surface area contributed by atoms with Crippen molar-refractivity contribution in [2.75, 3.05) is 14.2 Å². The molecule has 0 aliphatic carbocycles. The molecule has 2 aromatic rings. The highest BCUT2D eigenvalue weighted by atomic mass is 32.1. The number of nitrogens with zero attached hydrogens (tertiary/aromatic N) is 1. The van der Waals surface area contributed by atoms with E-state index in [4.69, 9.17) is 14.6 Å². The van der Waals surface area contributed by atoms with Crippen molar-refractivity contribution in [1.29, 1.82) is 0 Å². The van der Waals surface area contributed by atoms with Gasteiger partial charge in [0.1, 0.15) is 11.3 Å². The van der Waals surface area contributed by atoms with Crippen LogP contribution in [0.3, 0.4) is 0 Å². The molecule has 0 aliphatic rings. The molecule has 0 atom stereocenters. The van der Waals surface area contributed by atoms with Gasteiger partial charge in [-0.1, -0.05) is 17.4 Å². The number of hydrogen-bond acceptors (Lipinski definition) is 5. The maximum atomic E-state index is 10.8. The van der Waals surface area contributed by atoms with Crippen LogP contribution in [0.25, 0.3) is 10.2 Å².